The molecule has 1 aromatic carbocycles. The van der Waals surface area contributed by atoms with E-state index in [0.717, 1.165) is 18.4 Å². The summed E-state index contributed by atoms with van der Waals surface area (Å²) in [4.78, 5) is 12.7. The van der Waals surface area contributed by atoms with Gasteiger partial charge in [0.1, 0.15) is 0 Å². The zero-order chi connectivity index (χ0) is 18.0. The van der Waals surface area contributed by atoms with Crippen molar-refractivity contribution in [2.24, 2.45) is 17.6 Å². The van der Waals surface area contributed by atoms with E-state index in [1.807, 2.05) is 6.92 Å². The van der Waals surface area contributed by atoms with Crippen LogP contribution in [0.25, 0.3) is 0 Å². The standard InChI is InChI=1S/C18H27N3O3S.ClH/c1-13-2-6-16(7-3-13)25(23,24)21-10-8-15(9-11-21)18(22)20-17(12-19)14-4-5-14;/h2-3,6-7,14-15,17H,4-5,8-12,19H2,1H3,(H,20,22);1H. The fraction of sp³-hybridized carbons (Fsp3) is 0.611. The molecule has 1 unspecified atom stereocenters. The molecule has 1 saturated heterocycles. The highest BCUT2D eigenvalue weighted by molar-refractivity contribution is 7.89. The molecular formula is C18H28ClN3O3S. The molecule has 1 aromatic rings. The van der Waals surface area contributed by atoms with Gasteiger partial charge in [-0.15, -0.1) is 12.4 Å². The Morgan fingerprint density at radius 1 is 1.19 bits per heavy atom. The van der Waals surface area contributed by atoms with E-state index in [0.29, 0.717) is 43.3 Å². The van der Waals surface area contributed by atoms with Crippen LogP contribution in [0.15, 0.2) is 29.2 Å². The molecule has 6 nitrogen and oxygen atoms in total. The first-order chi connectivity index (χ1) is 11.9. The van der Waals surface area contributed by atoms with Gasteiger partial charge in [0.15, 0.2) is 0 Å². The Bertz CT molecular complexity index is 712. The molecule has 0 radical (unpaired) electrons. The lowest BCUT2D eigenvalue weighted by molar-refractivity contribution is -0.126. The Balaban J connectivity index is 0.00000243. The van der Waals surface area contributed by atoms with E-state index in [4.69, 9.17) is 5.73 Å². The van der Waals surface area contributed by atoms with Gasteiger partial charge in [0.25, 0.3) is 0 Å². The van der Waals surface area contributed by atoms with Crippen LogP contribution in [0.3, 0.4) is 0 Å². The first kappa shape index (κ1) is 21.2. The number of sulfonamides is 1. The molecular weight excluding hydrogens is 374 g/mol. The lowest BCUT2D eigenvalue weighted by atomic mass is 9.96. The minimum Gasteiger partial charge on any atom is -0.352 e. The van der Waals surface area contributed by atoms with Crippen molar-refractivity contribution in [2.45, 2.75) is 43.5 Å². The normalized spacial score (nSPS) is 20.2. The number of amides is 1. The molecule has 146 valence electrons. The Labute approximate surface area is 162 Å². The van der Waals surface area contributed by atoms with Crippen LogP contribution < -0.4 is 11.1 Å². The topological polar surface area (TPSA) is 92.5 Å². The van der Waals surface area contributed by atoms with E-state index in [1.165, 1.54) is 4.31 Å². The largest absolute Gasteiger partial charge is 0.352 e. The molecule has 2 aliphatic rings. The summed E-state index contributed by atoms with van der Waals surface area (Å²) in [6.45, 7) is 3.16. The summed E-state index contributed by atoms with van der Waals surface area (Å²) >= 11 is 0. The lowest BCUT2D eigenvalue weighted by Gasteiger charge is -2.31. The maximum atomic E-state index is 12.7. The summed E-state index contributed by atoms with van der Waals surface area (Å²) in [6.07, 6.45) is 3.38. The number of hydrogen-bond donors (Lipinski definition) is 2. The predicted octanol–water partition coefficient (Wildman–Crippen LogP) is 1.67. The van der Waals surface area contributed by atoms with Gasteiger partial charge in [-0.2, -0.15) is 4.31 Å². The predicted molar refractivity (Wildman–Crippen MR) is 104 cm³/mol. The maximum Gasteiger partial charge on any atom is 0.243 e. The zero-order valence-electron chi connectivity index (χ0n) is 15.1. The Hall–Kier alpha value is -1.15. The van der Waals surface area contributed by atoms with E-state index in [-0.39, 0.29) is 30.3 Å². The molecule has 1 atom stereocenters. The average Bonchev–Trinajstić information content (AvgIpc) is 3.45. The quantitative estimate of drug-likeness (QED) is 0.758. The van der Waals surface area contributed by atoms with Crippen molar-refractivity contribution in [2.75, 3.05) is 19.6 Å². The van der Waals surface area contributed by atoms with Gasteiger partial charge in [0.05, 0.1) is 4.90 Å². The molecule has 1 aliphatic heterocycles. The molecule has 0 bridgehead atoms. The van der Waals surface area contributed by atoms with E-state index in [1.54, 1.807) is 24.3 Å². The number of carbonyl (C=O) groups excluding carboxylic acids is 1. The summed E-state index contributed by atoms with van der Waals surface area (Å²) in [5.74, 6) is 0.419. The molecule has 1 aliphatic carbocycles. The second-order valence-electron chi connectivity index (χ2n) is 7.18. The summed E-state index contributed by atoms with van der Waals surface area (Å²) in [6, 6.07) is 6.97. The van der Waals surface area contributed by atoms with Crippen molar-refractivity contribution in [1.82, 2.24) is 9.62 Å². The Morgan fingerprint density at radius 3 is 2.27 bits per heavy atom. The maximum absolute atomic E-state index is 12.7. The smallest absolute Gasteiger partial charge is 0.243 e. The monoisotopic (exact) mass is 401 g/mol. The van der Waals surface area contributed by atoms with Crippen LogP contribution in [-0.2, 0) is 14.8 Å². The second kappa shape index (κ2) is 8.69. The molecule has 1 saturated carbocycles. The first-order valence-electron chi connectivity index (χ1n) is 8.99. The minimum atomic E-state index is -3.48. The molecule has 26 heavy (non-hydrogen) atoms. The second-order valence-corrected chi connectivity index (χ2v) is 9.12. The number of nitrogens with two attached hydrogens (primary N) is 1. The number of halogens is 1. The molecule has 1 heterocycles. The first-order valence-corrected chi connectivity index (χ1v) is 10.4. The van der Waals surface area contributed by atoms with Gasteiger partial charge >= 0.3 is 0 Å². The van der Waals surface area contributed by atoms with Gasteiger partial charge in [-0.1, -0.05) is 17.7 Å². The number of carbonyl (C=O) groups is 1. The van der Waals surface area contributed by atoms with E-state index >= 15 is 0 Å². The van der Waals surface area contributed by atoms with E-state index < -0.39 is 10.0 Å². The van der Waals surface area contributed by atoms with Crippen LogP contribution in [0.2, 0.25) is 0 Å². The van der Waals surface area contributed by atoms with Gasteiger partial charge in [-0.05, 0) is 50.7 Å². The van der Waals surface area contributed by atoms with Crippen LogP contribution in [0.1, 0.15) is 31.2 Å². The summed E-state index contributed by atoms with van der Waals surface area (Å²) in [5.41, 5.74) is 6.77. The van der Waals surface area contributed by atoms with Gasteiger partial charge in [-0.25, -0.2) is 8.42 Å². The third kappa shape index (κ3) is 4.76. The van der Waals surface area contributed by atoms with E-state index in [9.17, 15) is 13.2 Å². The van der Waals surface area contributed by atoms with E-state index in [2.05, 4.69) is 5.32 Å². The highest BCUT2D eigenvalue weighted by Crippen LogP contribution is 2.32. The third-order valence-electron chi connectivity index (χ3n) is 5.26. The summed E-state index contributed by atoms with van der Waals surface area (Å²) in [7, 11) is -3.48. The molecule has 1 amide bonds. The number of nitrogens with zero attached hydrogens (tertiary/aromatic N) is 1. The van der Waals surface area contributed by atoms with Crippen molar-refractivity contribution >= 4 is 28.3 Å². The van der Waals surface area contributed by atoms with Crippen LogP contribution in [0.5, 0.6) is 0 Å². The Kier molecular flexibility index (Phi) is 7.07. The lowest BCUT2D eigenvalue weighted by Crippen LogP contribution is -2.47. The Morgan fingerprint density at radius 2 is 1.77 bits per heavy atom. The number of benzene rings is 1. The van der Waals surface area contributed by atoms with Crippen molar-refractivity contribution in [3.63, 3.8) is 0 Å². The van der Waals surface area contributed by atoms with Gasteiger partial charge in [0.2, 0.25) is 15.9 Å². The number of hydrogen-bond acceptors (Lipinski definition) is 4. The van der Waals surface area contributed by atoms with Crippen molar-refractivity contribution in [1.29, 1.82) is 0 Å². The van der Waals surface area contributed by atoms with Crippen LogP contribution in [0, 0.1) is 18.8 Å². The minimum absolute atomic E-state index is 0. The number of nitrogens with one attached hydrogen (secondary N) is 1. The zero-order valence-corrected chi connectivity index (χ0v) is 16.7. The van der Waals surface area contributed by atoms with Crippen LogP contribution in [-0.4, -0.2) is 44.3 Å². The SMILES string of the molecule is Cc1ccc(S(=O)(=O)N2CCC(C(=O)NC(CN)C3CC3)CC2)cc1.Cl. The van der Waals surface area contributed by atoms with Gasteiger partial charge in [-0.3, -0.25) is 4.79 Å². The highest BCUT2D eigenvalue weighted by atomic mass is 35.5. The molecule has 0 spiro atoms. The van der Waals surface area contributed by atoms with Crippen molar-refractivity contribution in [3.05, 3.63) is 29.8 Å². The number of piperidine rings is 1. The third-order valence-corrected chi connectivity index (χ3v) is 7.17. The van der Waals surface area contributed by atoms with Crippen LogP contribution >= 0.6 is 12.4 Å². The molecule has 8 heteroatoms. The van der Waals surface area contributed by atoms with Gasteiger partial charge in [0, 0.05) is 31.6 Å². The van der Waals surface area contributed by atoms with Crippen molar-refractivity contribution in [3.8, 4) is 0 Å². The van der Waals surface area contributed by atoms with Crippen molar-refractivity contribution < 1.29 is 13.2 Å². The fourth-order valence-corrected chi connectivity index (χ4v) is 4.86. The molecule has 3 N–H and O–H groups in total. The van der Waals surface area contributed by atoms with Crippen LogP contribution in [0.4, 0.5) is 0 Å². The molecule has 0 aromatic heterocycles. The molecule has 2 fully saturated rings. The average molecular weight is 402 g/mol. The number of aryl methyl sites for hydroxylation is 1. The highest BCUT2D eigenvalue weighted by Gasteiger charge is 2.35. The molecule has 3 rings (SSSR count). The van der Waals surface area contributed by atoms with Gasteiger partial charge < -0.3 is 11.1 Å². The summed E-state index contributed by atoms with van der Waals surface area (Å²) in [5, 5.41) is 3.06. The summed E-state index contributed by atoms with van der Waals surface area (Å²) < 4.78 is 26.9. The fourth-order valence-electron chi connectivity index (χ4n) is 3.39. The number of rotatable bonds is 6.